The second-order valence-electron chi connectivity index (χ2n) is 7.11. The van der Waals surface area contributed by atoms with Crippen molar-refractivity contribution in [2.75, 3.05) is 23.3 Å². The van der Waals surface area contributed by atoms with Crippen LogP contribution in [0, 0.1) is 0 Å². The van der Waals surface area contributed by atoms with E-state index in [-0.39, 0.29) is 5.91 Å². The highest BCUT2D eigenvalue weighted by Gasteiger charge is 2.12. The van der Waals surface area contributed by atoms with Gasteiger partial charge >= 0.3 is 0 Å². The first-order valence-electron chi connectivity index (χ1n) is 9.81. The molecule has 1 amide bonds. The van der Waals surface area contributed by atoms with Crippen molar-refractivity contribution in [3.63, 3.8) is 0 Å². The summed E-state index contributed by atoms with van der Waals surface area (Å²) in [5.74, 6) is 0.929. The molecule has 5 nitrogen and oxygen atoms in total. The van der Waals surface area contributed by atoms with Crippen LogP contribution < -0.4 is 10.2 Å². The van der Waals surface area contributed by atoms with Crippen LogP contribution in [0.5, 0.6) is 0 Å². The zero-order valence-electron chi connectivity index (χ0n) is 15.8. The quantitative estimate of drug-likeness (QED) is 0.725. The Bertz CT molecular complexity index is 902. The van der Waals surface area contributed by atoms with Gasteiger partial charge in [-0.2, -0.15) is 0 Å². The number of aromatic nitrogens is 2. The van der Waals surface area contributed by atoms with Crippen molar-refractivity contribution in [2.24, 2.45) is 0 Å². The van der Waals surface area contributed by atoms with Crippen LogP contribution in [0.25, 0.3) is 11.3 Å². The van der Waals surface area contributed by atoms with Crippen molar-refractivity contribution < 1.29 is 4.79 Å². The van der Waals surface area contributed by atoms with Gasteiger partial charge in [-0.05, 0) is 49.1 Å². The van der Waals surface area contributed by atoms with Gasteiger partial charge in [0, 0.05) is 24.3 Å². The highest BCUT2D eigenvalue weighted by Crippen LogP contribution is 2.22. The molecule has 1 aliphatic rings. The monoisotopic (exact) mass is 372 g/mol. The predicted octanol–water partition coefficient (Wildman–Crippen LogP) is 4.32. The van der Waals surface area contributed by atoms with E-state index in [1.165, 1.54) is 19.3 Å². The molecule has 0 spiro atoms. The minimum absolute atomic E-state index is 0.0235. The molecule has 3 aromatic rings. The van der Waals surface area contributed by atoms with Crippen LogP contribution in [0.3, 0.4) is 0 Å². The summed E-state index contributed by atoms with van der Waals surface area (Å²) in [6, 6.07) is 21.5. The van der Waals surface area contributed by atoms with Gasteiger partial charge in [-0.15, -0.1) is 10.2 Å². The van der Waals surface area contributed by atoms with Crippen LogP contribution in [-0.2, 0) is 11.2 Å². The molecular weight excluding hydrogens is 348 g/mol. The number of hydrogen-bond donors (Lipinski definition) is 1. The van der Waals surface area contributed by atoms with Gasteiger partial charge in [-0.25, -0.2) is 0 Å². The number of carbonyl (C=O) groups is 1. The Balaban J connectivity index is 1.38. The summed E-state index contributed by atoms with van der Waals surface area (Å²) in [5, 5.41) is 11.7. The lowest BCUT2D eigenvalue weighted by Gasteiger charge is -2.27. The standard InChI is InChI=1S/C23H24N4O/c28-23(17-18-7-3-1-4-8-18)24-20-11-9-19(10-12-20)21-13-14-22(26-25-21)27-15-5-2-6-16-27/h1,3-4,7-14H,2,5-6,15-17H2,(H,24,28). The van der Waals surface area contributed by atoms with E-state index in [1.807, 2.05) is 66.7 Å². The molecule has 0 aliphatic carbocycles. The SMILES string of the molecule is O=C(Cc1ccccc1)Nc1ccc(-c2ccc(N3CCCCC3)nn2)cc1. The number of carbonyl (C=O) groups excluding carboxylic acids is 1. The largest absolute Gasteiger partial charge is 0.355 e. The van der Waals surface area contributed by atoms with Gasteiger partial charge in [0.05, 0.1) is 12.1 Å². The summed E-state index contributed by atoms with van der Waals surface area (Å²) in [7, 11) is 0. The number of benzene rings is 2. The summed E-state index contributed by atoms with van der Waals surface area (Å²) in [6.07, 6.45) is 4.12. The Labute approximate surface area is 165 Å². The number of hydrogen-bond acceptors (Lipinski definition) is 4. The van der Waals surface area contributed by atoms with Crippen LogP contribution >= 0.6 is 0 Å². The number of piperidine rings is 1. The summed E-state index contributed by atoms with van der Waals surface area (Å²) < 4.78 is 0. The van der Waals surface area contributed by atoms with Gasteiger partial charge in [-0.1, -0.05) is 42.5 Å². The first kappa shape index (κ1) is 18.2. The maximum atomic E-state index is 12.2. The van der Waals surface area contributed by atoms with Crippen molar-refractivity contribution in [1.82, 2.24) is 10.2 Å². The van der Waals surface area contributed by atoms with Crippen LogP contribution in [0.2, 0.25) is 0 Å². The zero-order chi connectivity index (χ0) is 19.2. The molecular formula is C23H24N4O. The van der Waals surface area contributed by atoms with Gasteiger partial charge in [-0.3, -0.25) is 4.79 Å². The fraction of sp³-hybridized carbons (Fsp3) is 0.261. The summed E-state index contributed by atoms with van der Waals surface area (Å²) >= 11 is 0. The van der Waals surface area contributed by atoms with E-state index < -0.39 is 0 Å². The average Bonchev–Trinajstić information content (AvgIpc) is 2.76. The molecule has 0 saturated carbocycles. The van der Waals surface area contributed by atoms with E-state index in [0.29, 0.717) is 6.42 Å². The number of rotatable bonds is 5. The molecule has 1 aromatic heterocycles. The van der Waals surface area contributed by atoms with Crippen molar-refractivity contribution in [3.05, 3.63) is 72.3 Å². The molecule has 2 heterocycles. The molecule has 0 unspecified atom stereocenters. The molecule has 1 N–H and O–H groups in total. The van der Waals surface area contributed by atoms with E-state index in [4.69, 9.17) is 0 Å². The Hall–Kier alpha value is -3.21. The Morgan fingerprint density at radius 2 is 1.61 bits per heavy atom. The Kier molecular flexibility index (Phi) is 5.61. The van der Waals surface area contributed by atoms with Gasteiger partial charge in [0.2, 0.25) is 5.91 Å². The summed E-state index contributed by atoms with van der Waals surface area (Å²) in [5.41, 5.74) is 3.60. The number of amides is 1. The maximum absolute atomic E-state index is 12.2. The van der Waals surface area contributed by atoms with E-state index in [9.17, 15) is 4.79 Å². The average molecular weight is 372 g/mol. The van der Waals surface area contributed by atoms with Gasteiger partial charge in [0.25, 0.3) is 0 Å². The Morgan fingerprint density at radius 3 is 2.29 bits per heavy atom. The maximum Gasteiger partial charge on any atom is 0.228 e. The second-order valence-corrected chi connectivity index (χ2v) is 7.11. The first-order valence-corrected chi connectivity index (χ1v) is 9.81. The van der Waals surface area contributed by atoms with Crippen LogP contribution in [0.15, 0.2) is 66.7 Å². The minimum atomic E-state index is -0.0235. The fourth-order valence-corrected chi connectivity index (χ4v) is 3.48. The summed E-state index contributed by atoms with van der Waals surface area (Å²) in [6.45, 7) is 2.12. The van der Waals surface area contributed by atoms with Gasteiger partial charge in [0.15, 0.2) is 5.82 Å². The molecule has 0 radical (unpaired) electrons. The smallest absolute Gasteiger partial charge is 0.228 e. The molecule has 4 rings (SSSR count). The fourth-order valence-electron chi connectivity index (χ4n) is 3.48. The van der Waals surface area contributed by atoms with Crippen molar-refractivity contribution in [2.45, 2.75) is 25.7 Å². The predicted molar refractivity (Wildman–Crippen MR) is 112 cm³/mol. The normalized spacial score (nSPS) is 13.9. The third-order valence-corrected chi connectivity index (χ3v) is 5.00. The van der Waals surface area contributed by atoms with Crippen molar-refractivity contribution in [3.8, 4) is 11.3 Å². The lowest BCUT2D eigenvalue weighted by atomic mass is 10.1. The zero-order valence-corrected chi connectivity index (χ0v) is 15.8. The second kappa shape index (κ2) is 8.65. The third kappa shape index (κ3) is 4.55. The minimum Gasteiger partial charge on any atom is -0.355 e. The summed E-state index contributed by atoms with van der Waals surface area (Å²) in [4.78, 5) is 14.5. The Morgan fingerprint density at radius 1 is 0.857 bits per heavy atom. The van der Waals surface area contributed by atoms with Crippen molar-refractivity contribution in [1.29, 1.82) is 0 Å². The molecule has 5 heteroatoms. The highest BCUT2D eigenvalue weighted by molar-refractivity contribution is 5.92. The van der Waals surface area contributed by atoms with E-state index in [1.54, 1.807) is 0 Å². The van der Waals surface area contributed by atoms with Gasteiger partial charge in [0.1, 0.15) is 0 Å². The lowest BCUT2D eigenvalue weighted by molar-refractivity contribution is -0.115. The van der Waals surface area contributed by atoms with Crippen LogP contribution in [0.4, 0.5) is 11.5 Å². The first-order chi connectivity index (χ1) is 13.8. The van der Waals surface area contributed by atoms with Crippen molar-refractivity contribution >= 4 is 17.4 Å². The number of anilines is 2. The topological polar surface area (TPSA) is 58.1 Å². The van der Waals surface area contributed by atoms with E-state index in [0.717, 1.165) is 41.4 Å². The molecule has 1 saturated heterocycles. The molecule has 2 aromatic carbocycles. The van der Waals surface area contributed by atoms with Gasteiger partial charge < -0.3 is 10.2 Å². The molecule has 0 bridgehead atoms. The molecule has 28 heavy (non-hydrogen) atoms. The number of nitrogens with one attached hydrogen (secondary N) is 1. The highest BCUT2D eigenvalue weighted by atomic mass is 16.1. The molecule has 0 atom stereocenters. The number of nitrogens with zero attached hydrogens (tertiary/aromatic N) is 3. The van der Waals surface area contributed by atoms with Crippen LogP contribution in [-0.4, -0.2) is 29.2 Å². The van der Waals surface area contributed by atoms with E-state index >= 15 is 0 Å². The van der Waals surface area contributed by atoms with E-state index in [2.05, 4.69) is 20.4 Å². The molecule has 1 fully saturated rings. The third-order valence-electron chi connectivity index (χ3n) is 5.00. The lowest BCUT2D eigenvalue weighted by Crippen LogP contribution is -2.30. The molecule has 142 valence electrons. The molecule has 1 aliphatic heterocycles. The van der Waals surface area contributed by atoms with Crippen LogP contribution in [0.1, 0.15) is 24.8 Å².